The van der Waals surface area contributed by atoms with Crippen LogP contribution in [0.3, 0.4) is 0 Å². The number of morpholine rings is 1. The third-order valence-electron chi connectivity index (χ3n) is 3.64. The van der Waals surface area contributed by atoms with Crippen LogP contribution in [-0.2, 0) is 10.2 Å². The lowest BCUT2D eigenvalue weighted by Crippen LogP contribution is -2.45. The number of rotatable bonds is 3. The Balaban J connectivity index is 2.02. The average Bonchev–Trinajstić information content (AvgIpc) is 2.37. The fourth-order valence-electron chi connectivity index (χ4n) is 2.26. The predicted octanol–water partition coefficient (Wildman–Crippen LogP) is 2.69. The highest BCUT2D eigenvalue weighted by Crippen LogP contribution is 2.26. The van der Waals surface area contributed by atoms with Crippen LogP contribution >= 0.6 is 0 Å². The lowest BCUT2D eigenvalue weighted by molar-refractivity contribution is 0.0806. The molecule has 1 heterocycles. The first kappa shape index (κ1) is 14.4. The lowest BCUT2D eigenvalue weighted by Gasteiger charge is -2.26. The molecule has 0 spiro atoms. The van der Waals surface area contributed by atoms with Crippen molar-refractivity contribution >= 4 is 5.69 Å². The van der Waals surface area contributed by atoms with Gasteiger partial charge in [-0.25, -0.2) is 0 Å². The molecule has 0 saturated carbocycles. The van der Waals surface area contributed by atoms with Crippen LogP contribution in [-0.4, -0.2) is 32.3 Å². The SMILES string of the molecule is Cc1ccc(C(C)(C)C)cc1NCC1COCCN1. The van der Waals surface area contributed by atoms with Crippen molar-refractivity contribution in [2.75, 3.05) is 31.6 Å². The van der Waals surface area contributed by atoms with Crippen molar-refractivity contribution in [3.05, 3.63) is 29.3 Å². The standard InChI is InChI=1S/C16H26N2O/c1-12-5-6-13(16(2,3)4)9-15(12)18-10-14-11-19-8-7-17-14/h5-6,9,14,17-18H,7-8,10-11H2,1-4H3. The second-order valence-electron chi connectivity index (χ2n) is 6.39. The first-order valence-corrected chi connectivity index (χ1v) is 7.13. The monoisotopic (exact) mass is 262 g/mol. The number of benzene rings is 1. The quantitative estimate of drug-likeness (QED) is 0.878. The molecule has 1 aromatic carbocycles. The zero-order valence-electron chi connectivity index (χ0n) is 12.5. The Morgan fingerprint density at radius 1 is 1.37 bits per heavy atom. The maximum atomic E-state index is 5.48. The number of nitrogens with one attached hydrogen (secondary N) is 2. The van der Waals surface area contributed by atoms with Gasteiger partial charge in [0.15, 0.2) is 0 Å². The maximum Gasteiger partial charge on any atom is 0.0637 e. The molecule has 2 N–H and O–H groups in total. The smallest absolute Gasteiger partial charge is 0.0637 e. The van der Waals surface area contributed by atoms with Crippen LogP contribution in [0, 0.1) is 6.92 Å². The van der Waals surface area contributed by atoms with Crippen molar-refractivity contribution in [2.24, 2.45) is 0 Å². The summed E-state index contributed by atoms with van der Waals surface area (Å²) >= 11 is 0. The number of aryl methyl sites for hydroxylation is 1. The van der Waals surface area contributed by atoms with Gasteiger partial charge in [-0.2, -0.15) is 0 Å². The largest absolute Gasteiger partial charge is 0.383 e. The average molecular weight is 262 g/mol. The van der Waals surface area contributed by atoms with E-state index in [4.69, 9.17) is 4.74 Å². The minimum Gasteiger partial charge on any atom is -0.383 e. The minimum atomic E-state index is 0.191. The van der Waals surface area contributed by atoms with E-state index >= 15 is 0 Å². The number of hydrogen-bond donors (Lipinski definition) is 2. The second kappa shape index (κ2) is 5.93. The highest BCUT2D eigenvalue weighted by atomic mass is 16.5. The van der Waals surface area contributed by atoms with Crippen LogP contribution in [0.5, 0.6) is 0 Å². The van der Waals surface area contributed by atoms with Crippen LogP contribution in [0.4, 0.5) is 5.69 Å². The summed E-state index contributed by atoms with van der Waals surface area (Å²) in [5, 5.41) is 7.02. The lowest BCUT2D eigenvalue weighted by atomic mass is 9.86. The maximum absolute atomic E-state index is 5.48. The van der Waals surface area contributed by atoms with E-state index < -0.39 is 0 Å². The van der Waals surface area contributed by atoms with Crippen LogP contribution in [0.1, 0.15) is 31.9 Å². The molecule has 1 fully saturated rings. The molecule has 1 aromatic rings. The third-order valence-corrected chi connectivity index (χ3v) is 3.64. The Hall–Kier alpha value is -1.06. The first-order valence-electron chi connectivity index (χ1n) is 7.13. The molecular formula is C16H26N2O. The van der Waals surface area contributed by atoms with Crippen molar-refractivity contribution in [3.8, 4) is 0 Å². The molecule has 1 aliphatic rings. The molecule has 0 aliphatic carbocycles. The molecule has 2 rings (SSSR count). The highest BCUT2D eigenvalue weighted by Gasteiger charge is 2.16. The van der Waals surface area contributed by atoms with Crippen molar-refractivity contribution in [2.45, 2.75) is 39.2 Å². The summed E-state index contributed by atoms with van der Waals surface area (Å²) in [4.78, 5) is 0. The van der Waals surface area contributed by atoms with E-state index in [9.17, 15) is 0 Å². The van der Waals surface area contributed by atoms with Gasteiger partial charge in [0.25, 0.3) is 0 Å². The van der Waals surface area contributed by atoms with E-state index in [1.54, 1.807) is 0 Å². The van der Waals surface area contributed by atoms with Crippen molar-refractivity contribution in [1.29, 1.82) is 0 Å². The molecule has 1 aliphatic heterocycles. The van der Waals surface area contributed by atoms with Crippen molar-refractivity contribution < 1.29 is 4.74 Å². The normalized spacial score (nSPS) is 20.3. The summed E-state index contributed by atoms with van der Waals surface area (Å²) in [5.74, 6) is 0. The zero-order chi connectivity index (χ0) is 13.9. The van der Waals surface area contributed by atoms with Crippen LogP contribution in [0.2, 0.25) is 0 Å². The Morgan fingerprint density at radius 3 is 2.79 bits per heavy atom. The number of hydrogen-bond acceptors (Lipinski definition) is 3. The minimum absolute atomic E-state index is 0.191. The summed E-state index contributed by atoms with van der Waals surface area (Å²) in [6.45, 7) is 12.4. The molecule has 0 radical (unpaired) electrons. The van der Waals surface area contributed by atoms with Gasteiger partial charge in [-0.3, -0.25) is 0 Å². The van der Waals surface area contributed by atoms with Gasteiger partial charge in [0, 0.05) is 24.8 Å². The van der Waals surface area contributed by atoms with E-state index in [1.165, 1.54) is 16.8 Å². The van der Waals surface area contributed by atoms with Crippen LogP contribution < -0.4 is 10.6 Å². The molecule has 1 saturated heterocycles. The Morgan fingerprint density at radius 2 is 2.16 bits per heavy atom. The highest BCUT2D eigenvalue weighted by molar-refractivity contribution is 5.54. The third kappa shape index (κ3) is 3.95. The molecule has 3 nitrogen and oxygen atoms in total. The molecular weight excluding hydrogens is 236 g/mol. The van der Waals surface area contributed by atoms with Gasteiger partial charge in [-0.1, -0.05) is 32.9 Å². The van der Waals surface area contributed by atoms with Crippen molar-refractivity contribution in [3.63, 3.8) is 0 Å². The van der Waals surface area contributed by atoms with Gasteiger partial charge in [-0.15, -0.1) is 0 Å². The molecule has 1 atom stereocenters. The van der Waals surface area contributed by atoms with E-state index in [1.807, 2.05) is 0 Å². The van der Waals surface area contributed by atoms with Gasteiger partial charge in [0.05, 0.1) is 13.2 Å². The molecule has 19 heavy (non-hydrogen) atoms. The van der Waals surface area contributed by atoms with E-state index in [2.05, 4.69) is 56.5 Å². The van der Waals surface area contributed by atoms with E-state index in [0.717, 1.165) is 26.3 Å². The summed E-state index contributed by atoms with van der Waals surface area (Å²) in [6, 6.07) is 7.11. The van der Waals surface area contributed by atoms with Crippen LogP contribution in [0.25, 0.3) is 0 Å². The Labute approximate surface area is 116 Å². The number of ether oxygens (including phenoxy) is 1. The molecule has 1 unspecified atom stereocenters. The van der Waals surface area contributed by atoms with Crippen LogP contribution in [0.15, 0.2) is 18.2 Å². The topological polar surface area (TPSA) is 33.3 Å². The second-order valence-corrected chi connectivity index (χ2v) is 6.39. The van der Waals surface area contributed by atoms with Crippen molar-refractivity contribution in [1.82, 2.24) is 5.32 Å². The molecule has 3 heteroatoms. The summed E-state index contributed by atoms with van der Waals surface area (Å²) < 4.78 is 5.48. The van der Waals surface area contributed by atoms with E-state index in [0.29, 0.717) is 6.04 Å². The predicted molar refractivity (Wildman–Crippen MR) is 81.0 cm³/mol. The molecule has 0 bridgehead atoms. The summed E-state index contributed by atoms with van der Waals surface area (Å²) in [5.41, 5.74) is 4.09. The Kier molecular flexibility index (Phi) is 4.48. The van der Waals surface area contributed by atoms with Gasteiger partial charge in [0.2, 0.25) is 0 Å². The summed E-state index contributed by atoms with van der Waals surface area (Å²) in [6.07, 6.45) is 0. The van der Waals surface area contributed by atoms with Gasteiger partial charge < -0.3 is 15.4 Å². The first-order chi connectivity index (χ1) is 8.97. The van der Waals surface area contributed by atoms with E-state index in [-0.39, 0.29) is 5.41 Å². The molecule has 0 aromatic heterocycles. The fraction of sp³-hybridized carbons (Fsp3) is 0.625. The fourth-order valence-corrected chi connectivity index (χ4v) is 2.26. The molecule has 0 amide bonds. The van der Waals surface area contributed by atoms with Gasteiger partial charge >= 0.3 is 0 Å². The van der Waals surface area contributed by atoms with Gasteiger partial charge in [-0.05, 0) is 29.5 Å². The Bertz CT molecular complexity index is 417. The zero-order valence-corrected chi connectivity index (χ0v) is 12.5. The molecule has 106 valence electrons. The van der Waals surface area contributed by atoms with Gasteiger partial charge in [0.1, 0.15) is 0 Å². The number of anilines is 1. The summed E-state index contributed by atoms with van der Waals surface area (Å²) in [7, 11) is 0.